The van der Waals surface area contributed by atoms with E-state index in [1.165, 1.54) is 5.32 Å². The monoisotopic (exact) mass is 273 g/mol. The summed E-state index contributed by atoms with van der Waals surface area (Å²) in [6.07, 6.45) is 1.30. The van der Waals surface area contributed by atoms with Gasteiger partial charge < -0.3 is 20.5 Å². The van der Waals surface area contributed by atoms with Crippen molar-refractivity contribution in [3.05, 3.63) is 42.5 Å². The highest BCUT2D eigenvalue weighted by Crippen LogP contribution is 2.13. The van der Waals surface area contributed by atoms with E-state index in [2.05, 4.69) is 11.9 Å². The van der Waals surface area contributed by atoms with E-state index in [0.29, 0.717) is 17.8 Å². The van der Waals surface area contributed by atoms with Gasteiger partial charge in [0.15, 0.2) is 0 Å². The van der Waals surface area contributed by atoms with E-state index >= 15 is 0 Å². The van der Waals surface area contributed by atoms with Crippen LogP contribution in [0.5, 0.6) is 0 Å². The van der Waals surface area contributed by atoms with E-state index < -0.39 is 17.9 Å². The Labute approximate surface area is 116 Å². The molecule has 1 amide bonds. The second-order valence-electron chi connectivity index (χ2n) is 4.10. The van der Waals surface area contributed by atoms with Crippen LogP contribution < -0.4 is 15.7 Å². The number of nitrogens with two attached hydrogens (primary N) is 1. The Morgan fingerprint density at radius 1 is 1.50 bits per heavy atom. The number of aliphatic carboxylic acids is 1. The molecule has 0 radical (unpaired) electrons. The first-order valence-electron chi connectivity index (χ1n) is 6.02. The van der Waals surface area contributed by atoms with Crippen molar-refractivity contribution in [2.24, 2.45) is 0 Å². The lowest BCUT2D eigenvalue weighted by molar-refractivity contribution is -0.674. The zero-order chi connectivity index (χ0) is 15.0. The zero-order valence-electron chi connectivity index (χ0n) is 10.8. The summed E-state index contributed by atoms with van der Waals surface area (Å²) in [5, 5.41) is 23.8. The summed E-state index contributed by atoms with van der Waals surface area (Å²) in [6.45, 7) is 3.86. The number of quaternary nitrogens is 1. The minimum atomic E-state index is -1.31. The van der Waals surface area contributed by atoms with Crippen LogP contribution in [0.3, 0.4) is 0 Å². The maximum absolute atomic E-state index is 11.8. The molecule has 0 heterocycles. The fourth-order valence-corrected chi connectivity index (χ4v) is 1.61. The van der Waals surface area contributed by atoms with E-state index in [1.807, 2.05) is 6.07 Å². The molecule has 0 bridgehead atoms. The Kier molecular flexibility index (Phi) is 5.94. The van der Waals surface area contributed by atoms with Gasteiger partial charge >= 0.3 is 0 Å². The van der Waals surface area contributed by atoms with Crippen molar-refractivity contribution in [1.29, 1.82) is 5.26 Å². The molecule has 1 aromatic rings. The van der Waals surface area contributed by atoms with Crippen LogP contribution in [0.15, 0.2) is 36.9 Å². The molecule has 0 saturated carbocycles. The Morgan fingerprint density at radius 2 is 2.20 bits per heavy atom. The van der Waals surface area contributed by atoms with E-state index in [0.717, 1.165) is 0 Å². The molecule has 1 atom stereocenters. The number of benzene rings is 1. The van der Waals surface area contributed by atoms with Gasteiger partial charge in [-0.2, -0.15) is 5.26 Å². The molecule has 104 valence electrons. The number of hydrogen-bond donors (Lipinski definition) is 2. The number of carboxylic acid groups (broad SMARTS) is 1. The van der Waals surface area contributed by atoms with Gasteiger partial charge in [0, 0.05) is 0 Å². The van der Waals surface area contributed by atoms with Crippen LogP contribution in [0.1, 0.15) is 12.0 Å². The molecule has 0 aromatic heterocycles. The normalized spacial score (nSPS) is 11.2. The van der Waals surface area contributed by atoms with E-state index in [-0.39, 0.29) is 6.42 Å². The summed E-state index contributed by atoms with van der Waals surface area (Å²) in [7, 11) is 0. The summed E-state index contributed by atoms with van der Waals surface area (Å²) in [5.74, 6) is -1.79. The fourth-order valence-electron chi connectivity index (χ4n) is 1.61. The van der Waals surface area contributed by atoms with Crippen LogP contribution in [0.4, 0.5) is 5.69 Å². The topological polar surface area (TPSA) is 110 Å². The van der Waals surface area contributed by atoms with Gasteiger partial charge in [0.25, 0.3) is 0 Å². The van der Waals surface area contributed by atoms with Gasteiger partial charge in [-0.3, -0.25) is 4.79 Å². The third-order valence-corrected chi connectivity index (χ3v) is 2.62. The van der Waals surface area contributed by atoms with Gasteiger partial charge in [0.1, 0.15) is 12.1 Å². The molecule has 0 saturated heterocycles. The summed E-state index contributed by atoms with van der Waals surface area (Å²) < 4.78 is 0. The van der Waals surface area contributed by atoms with E-state index in [1.54, 1.807) is 30.3 Å². The Morgan fingerprint density at radius 3 is 2.80 bits per heavy atom. The van der Waals surface area contributed by atoms with Crippen LogP contribution in [-0.2, 0) is 9.59 Å². The Bertz CT molecular complexity index is 549. The predicted molar refractivity (Wildman–Crippen MR) is 70.2 cm³/mol. The van der Waals surface area contributed by atoms with Gasteiger partial charge in [-0.05, 0) is 18.2 Å². The largest absolute Gasteiger partial charge is 0.544 e. The third-order valence-electron chi connectivity index (χ3n) is 2.62. The molecule has 1 aromatic carbocycles. The standard InChI is InChI=1S/C14H15N3O3/c1-2-7-16-12(14(19)20)8-13(18)17-11-6-4-3-5-10(11)9-15/h2-6,12,16H,1,7-8H2,(H,17,18)(H,19,20)/t12-/m0/s1. The summed E-state index contributed by atoms with van der Waals surface area (Å²) in [6, 6.07) is 7.46. The van der Waals surface area contributed by atoms with Crippen molar-refractivity contribution in [3.63, 3.8) is 0 Å². The first-order valence-corrected chi connectivity index (χ1v) is 6.02. The van der Waals surface area contributed by atoms with Crippen molar-refractivity contribution in [3.8, 4) is 6.07 Å². The van der Waals surface area contributed by atoms with Gasteiger partial charge in [-0.25, -0.2) is 0 Å². The molecule has 0 aliphatic heterocycles. The van der Waals surface area contributed by atoms with Gasteiger partial charge in [0.05, 0.1) is 30.2 Å². The number of anilines is 1. The summed E-state index contributed by atoms with van der Waals surface area (Å²) >= 11 is 0. The third kappa shape index (κ3) is 4.55. The molecule has 0 fully saturated rings. The van der Waals surface area contributed by atoms with Gasteiger partial charge in [0.2, 0.25) is 5.91 Å². The molecular weight excluding hydrogens is 258 g/mol. The highest BCUT2D eigenvalue weighted by molar-refractivity contribution is 5.94. The molecule has 6 heteroatoms. The van der Waals surface area contributed by atoms with Crippen LogP contribution >= 0.6 is 0 Å². The molecule has 0 spiro atoms. The molecule has 20 heavy (non-hydrogen) atoms. The average Bonchev–Trinajstić information content (AvgIpc) is 2.43. The lowest BCUT2D eigenvalue weighted by Gasteiger charge is -2.15. The lowest BCUT2D eigenvalue weighted by atomic mass is 10.1. The predicted octanol–water partition coefficient (Wildman–Crippen LogP) is -1.25. The minimum absolute atomic E-state index is 0.240. The first kappa shape index (κ1) is 15.4. The van der Waals surface area contributed by atoms with Crippen LogP contribution in [0.2, 0.25) is 0 Å². The van der Waals surface area contributed by atoms with Crippen molar-refractivity contribution in [1.82, 2.24) is 0 Å². The molecule has 0 unspecified atom stereocenters. The number of rotatable bonds is 7. The van der Waals surface area contributed by atoms with Crippen LogP contribution in [0, 0.1) is 11.3 Å². The average molecular weight is 273 g/mol. The quantitative estimate of drug-likeness (QED) is 0.605. The number of carboxylic acids is 1. The van der Waals surface area contributed by atoms with Crippen molar-refractivity contribution >= 4 is 17.6 Å². The number of carbonyl (C=O) groups is 2. The number of nitrogens with zero attached hydrogens (tertiary/aromatic N) is 1. The zero-order valence-corrected chi connectivity index (χ0v) is 10.8. The van der Waals surface area contributed by atoms with Crippen LogP contribution in [0.25, 0.3) is 0 Å². The van der Waals surface area contributed by atoms with E-state index in [9.17, 15) is 14.7 Å². The number of carbonyl (C=O) groups excluding carboxylic acids is 2. The lowest BCUT2D eigenvalue weighted by Crippen LogP contribution is -2.93. The first-order chi connectivity index (χ1) is 9.58. The highest BCUT2D eigenvalue weighted by atomic mass is 16.4. The van der Waals surface area contributed by atoms with Gasteiger partial charge in [-0.15, -0.1) is 0 Å². The molecule has 3 N–H and O–H groups in total. The number of para-hydroxylation sites is 1. The molecule has 1 rings (SSSR count). The van der Waals surface area contributed by atoms with Crippen molar-refractivity contribution < 1.29 is 20.0 Å². The molecular formula is C14H15N3O3. The van der Waals surface area contributed by atoms with E-state index in [4.69, 9.17) is 5.26 Å². The Balaban J connectivity index is 2.68. The second-order valence-corrected chi connectivity index (χ2v) is 4.10. The molecule has 6 nitrogen and oxygen atoms in total. The van der Waals surface area contributed by atoms with Gasteiger partial charge in [-0.1, -0.05) is 18.7 Å². The van der Waals surface area contributed by atoms with Crippen molar-refractivity contribution in [2.45, 2.75) is 12.5 Å². The van der Waals surface area contributed by atoms with Crippen LogP contribution in [-0.4, -0.2) is 24.5 Å². The number of nitrogens with one attached hydrogen (secondary N) is 1. The molecule has 0 aliphatic carbocycles. The maximum atomic E-state index is 11.8. The number of hydrogen-bond acceptors (Lipinski definition) is 4. The SMILES string of the molecule is C=CC[NH2+][C@@H](CC(=O)Nc1ccccc1C#N)C(=O)[O-]. The number of nitriles is 1. The second kappa shape index (κ2) is 7.71. The minimum Gasteiger partial charge on any atom is -0.544 e. The maximum Gasteiger partial charge on any atom is 0.230 e. The smallest absolute Gasteiger partial charge is 0.230 e. The highest BCUT2D eigenvalue weighted by Gasteiger charge is 2.18. The summed E-state index contributed by atoms with van der Waals surface area (Å²) in [4.78, 5) is 22.7. The summed E-state index contributed by atoms with van der Waals surface area (Å²) in [5.41, 5.74) is 0.682. The number of amides is 1. The fraction of sp³-hybridized carbons (Fsp3) is 0.214. The van der Waals surface area contributed by atoms with Crippen molar-refractivity contribution in [2.75, 3.05) is 11.9 Å². The molecule has 0 aliphatic rings. The Hall–Kier alpha value is -2.65.